The number of fused-ring (bicyclic) bond motifs is 1. The van der Waals surface area contributed by atoms with Gasteiger partial charge in [0, 0.05) is 5.92 Å². The molecule has 0 bridgehead atoms. The molecule has 0 saturated heterocycles. The Bertz CT molecular complexity index is 303. The summed E-state index contributed by atoms with van der Waals surface area (Å²) in [5.74, 6) is 2.66. The monoisotopic (exact) mass is 236 g/mol. The minimum absolute atomic E-state index is 0.330. The van der Waals surface area contributed by atoms with E-state index in [0.717, 1.165) is 30.6 Å². The van der Waals surface area contributed by atoms with Gasteiger partial charge in [-0.15, -0.1) is 0 Å². The molecule has 0 aromatic rings. The molecule has 17 heavy (non-hydrogen) atoms. The lowest BCUT2D eigenvalue weighted by molar-refractivity contribution is -0.121. The Balaban J connectivity index is 2.29. The van der Waals surface area contributed by atoms with Crippen molar-refractivity contribution in [3.8, 4) is 0 Å². The van der Waals surface area contributed by atoms with Crippen LogP contribution in [0.15, 0.2) is 0 Å². The highest BCUT2D eigenvalue weighted by molar-refractivity contribution is 5.53. The van der Waals surface area contributed by atoms with Gasteiger partial charge >= 0.3 is 0 Å². The smallest absolute Gasteiger partial charge is 0.123 e. The third-order valence-electron chi connectivity index (χ3n) is 6.15. The zero-order valence-electron chi connectivity index (χ0n) is 12.1. The molecular weight excluding hydrogens is 208 g/mol. The molecule has 0 heterocycles. The Morgan fingerprint density at radius 3 is 2.29 bits per heavy atom. The second kappa shape index (κ2) is 4.10. The molecule has 0 radical (unpaired) electrons. The van der Waals surface area contributed by atoms with E-state index in [0.29, 0.717) is 16.7 Å². The summed E-state index contributed by atoms with van der Waals surface area (Å²) < 4.78 is 0. The Labute approximate surface area is 106 Å². The number of rotatable bonds is 1. The van der Waals surface area contributed by atoms with Crippen LogP contribution in [-0.4, -0.2) is 6.29 Å². The van der Waals surface area contributed by atoms with Crippen LogP contribution < -0.4 is 0 Å². The van der Waals surface area contributed by atoms with Crippen molar-refractivity contribution in [3.05, 3.63) is 0 Å². The quantitative estimate of drug-likeness (QED) is 0.620. The Kier molecular flexibility index (Phi) is 3.16. The first kappa shape index (κ1) is 13.1. The Morgan fingerprint density at radius 1 is 1.06 bits per heavy atom. The highest BCUT2D eigenvalue weighted by Gasteiger charge is 2.52. The summed E-state index contributed by atoms with van der Waals surface area (Å²) in [5, 5.41) is 0. The number of carbonyl (C=O) groups excluding carboxylic acids is 1. The van der Waals surface area contributed by atoms with Crippen LogP contribution in [-0.2, 0) is 4.79 Å². The van der Waals surface area contributed by atoms with Gasteiger partial charge in [-0.1, -0.05) is 34.6 Å². The van der Waals surface area contributed by atoms with Gasteiger partial charge in [0.05, 0.1) is 0 Å². The molecule has 0 aliphatic heterocycles. The third-order valence-corrected chi connectivity index (χ3v) is 6.15. The molecule has 2 rings (SSSR count). The zero-order chi connectivity index (χ0) is 12.8. The van der Waals surface area contributed by atoms with Crippen molar-refractivity contribution in [3.63, 3.8) is 0 Å². The summed E-state index contributed by atoms with van der Waals surface area (Å²) in [7, 11) is 0. The fourth-order valence-corrected chi connectivity index (χ4v) is 4.65. The fourth-order valence-electron chi connectivity index (χ4n) is 4.65. The molecular formula is C16H28O. The van der Waals surface area contributed by atoms with Crippen molar-refractivity contribution in [2.24, 2.45) is 34.5 Å². The first-order valence-corrected chi connectivity index (χ1v) is 7.24. The van der Waals surface area contributed by atoms with Gasteiger partial charge in [0.15, 0.2) is 0 Å². The van der Waals surface area contributed by atoms with Crippen LogP contribution in [0.5, 0.6) is 0 Å². The van der Waals surface area contributed by atoms with Crippen LogP contribution in [0.3, 0.4) is 0 Å². The molecule has 1 heteroatoms. The highest BCUT2D eigenvalue weighted by Crippen LogP contribution is 2.60. The summed E-state index contributed by atoms with van der Waals surface area (Å²) >= 11 is 0. The maximum atomic E-state index is 11.1. The molecule has 2 fully saturated rings. The van der Waals surface area contributed by atoms with Crippen LogP contribution in [0.2, 0.25) is 0 Å². The predicted molar refractivity (Wildman–Crippen MR) is 71.7 cm³/mol. The molecule has 0 spiro atoms. The van der Waals surface area contributed by atoms with Crippen molar-refractivity contribution in [2.75, 3.05) is 0 Å². The first-order valence-electron chi connectivity index (χ1n) is 7.24. The molecule has 2 aliphatic rings. The van der Waals surface area contributed by atoms with E-state index in [-0.39, 0.29) is 0 Å². The lowest BCUT2D eigenvalue weighted by Crippen LogP contribution is -2.51. The van der Waals surface area contributed by atoms with E-state index >= 15 is 0 Å². The summed E-state index contributed by atoms with van der Waals surface area (Å²) in [5.41, 5.74) is 0.870. The second-order valence-corrected chi connectivity index (χ2v) is 7.84. The molecule has 4 atom stereocenters. The standard InChI is InChI=1S/C16H28O/c1-11-9-15(2,3)13-7-6-12(10-17)8-14(13)16(11,4)5/h10-14H,6-9H2,1-5H3. The Morgan fingerprint density at radius 2 is 1.71 bits per heavy atom. The summed E-state index contributed by atoms with van der Waals surface area (Å²) in [6, 6.07) is 0. The van der Waals surface area contributed by atoms with Crippen molar-refractivity contribution >= 4 is 6.29 Å². The average Bonchev–Trinajstić information content (AvgIpc) is 2.26. The van der Waals surface area contributed by atoms with E-state index in [9.17, 15) is 4.79 Å². The molecule has 1 nitrogen and oxygen atoms in total. The average molecular weight is 236 g/mol. The molecule has 0 amide bonds. The molecule has 2 saturated carbocycles. The normalized spacial score (nSPS) is 43.8. The van der Waals surface area contributed by atoms with E-state index in [1.165, 1.54) is 19.1 Å². The first-order chi connectivity index (χ1) is 7.79. The van der Waals surface area contributed by atoms with Crippen molar-refractivity contribution in [1.29, 1.82) is 0 Å². The number of aldehydes is 1. The van der Waals surface area contributed by atoms with E-state index in [1.54, 1.807) is 0 Å². The van der Waals surface area contributed by atoms with Gasteiger partial charge in [-0.3, -0.25) is 0 Å². The highest BCUT2D eigenvalue weighted by atomic mass is 16.1. The predicted octanol–water partition coefficient (Wildman–Crippen LogP) is 4.31. The number of carbonyl (C=O) groups is 1. The minimum Gasteiger partial charge on any atom is -0.303 e. The van der Waals surface area contributed by atoms with Gasteiger partial charge < -0.3 is 4.79 Å². The maximum absolute atomic E-state index is 11.1. The lowest BCUT2D eigenvalue weighted by atomic mass is 9.47. The van der Waals surface area contributed by atoms with Crippen LogP contribution in [0.4, 0.5) is 0 Å². The SMILES string of the molecule is CC1CC(C)(C)C2CCC(C=O)CC2C1(C)C. The van der Waals surface area contributed by atoms with E-state index in [2.05, 4.69) is 34.6 Å². The number of hydrogen-bond acceptors (Lipinski definition) is 1. The minimum atomic E-state index is 0.330. The lowest BCUT2D eigenvalue weighted by Gasteiger charge is -2.58. The second-order valence-electron chi connectivity index (χ2n) is 7.84. The molecule has 0 N–H and O–H groups in total. The molecule has 0 aromatic carbocycles. The van der Waals surface area contributed by atoms with Crippen molar-refractivity contribution in [2.45, 2.75) is 60.3 Å². The Hall–Kier alpha value is -0.330. The van der Waals surface area contributed by atoms with Crippen molar-refractivity contribution < 1.29 is 4.79 Å². The number of hydrogen-bond donors (Lipinski definition) is 0. The fraction of sp³-hybridized carbons (Fsp3) is 0.938. The van der Waals surface area contributed by atoms with Gasteiger partial charge in [0.1, 0.15) is 6.29 Å². The van der Waals surface area contributed by atoms with Gasteiger partial charge in [0.2, 0.25) is 0 Å². The third kappa shape index (κ3) is 2.06. The summed E-state index contributed by atoms with van der Waals surface area (Å²) in [6.07, 6.45) is 6.07. The van der Waals surface area contributed by atoms with E-state index in [1.807, 2.05) is 0 Å². The van der Waals surface area contributed by atoms with Gasteiger partial charge in [0.25, 0.3) is 0 Å². The molecule has 98 valence electrons. The van der Waals surface area contributed by atoms with Gasteiger partial charge in [-0.25, -0.2) is 0 Å². The summed E-state index contributed by atoms with van der Waals surface area (Å²) in [4.78, 5) is 11.1. The summed E-state index contributed by atoms with van der Waals surface area (Å²) in [6.45, 7) is 12.1. The van der Waals surface area contributed by atoms with Crippen LogP contribution in [0, 0.1) is 34.5 Å². The molecule has 2 aliphatic carbocycles. The maximum Gasteiger partial charge on any atom is 0.123 e. The van der Waals surface area contributed by atoms with Gasteiger partial charge in [-0.2, -0.15) is 0 Å². The largest absolute Gasteiger partial charge is 0.303 e. The van der Waals surface area contributed by atoms with Crippen molar-refractivity contribution in [1.82, 2.24) is 0 Å². The van der Waals surface area contributed by atoms with Crippen LogP contribution in [0.1, 0.15) is 60.3 Å². The van der Waals surface area contributed by atoms with E-state index < -0.39 is 0 Å². The molecule has 4 unspecified atom stereocenters. The van der Waals surface area contributed by atoms with Crippen LogP contribution in [0.25, 0.3) is 0 Å². The van der Waals surface area contributed by atoms with Crippen LogP contribution >= 0.6 is 0 Å². The topological polar surface area (TPSA) is 17.1 Å². The van der Waals surface area contributed by atoms with E-state index in [4.69, 9.17) is 0 Å². The molecule has 0 aromatic heterocycles. The van der Waals surface area contributed by atoms with Gasteiger partial charge in [-0.05, 0) is 54.3 Å². The zero-order valence-corrected chi connectivity index (χ0v) is 12.1.